The number of hydrogen-bond acceptors (Lipinski definition) is 3. The van der Waals surface area contributed by atoms with Crippen molar-refractivity contribution in [2.45, 2.75) is 6.42 Å². The van der Waals surface area contributed by atoms with Crippen LogP contribution in [0.2, 0.25) is 0 Å². The van der Waals surface area contributed by atoms with Gasteiger partial charge in [0.15, 0.2) is 11.5 Å². The van der Waals surface area contributed by atoms with E-state index in [1.807, 2.05) is 0 Å². The van der Waals surface area contributed by atoms with Crippen LogP contribution in [0.1, 0.15) is 5.56 Å². The number of aromatic hydroxyl groups is 2. The summed E-state index contributed by atoms with van der Waals surface area (Å²) in [5.74, 6) is -0.179. The van der Waals surface area contributed by atoms with Gasteiger partial charge in [-0.25, -0.2) is 0 Å². The molecule has 4 N–H and O–H groups in total. The fourth-order valence-corrected chi connectivity index (χ4v) is 0.891. The van der Waals surface area contributed by atoms with Crippen LogP contribution in [0.5, 0.6) is 11.5 Å². The molecular weight excluding hydrogens is 201 g/mol. The Morgan fingerprint density at radius 1 is 1.17 bits per heavy atom. The van der Waals surface area contributed by atoms with Crippen LogP contribution < -0.4 is 5.73 Å². The van der Waals surface area contributed by atoms with E-state index in [2.05, 4.69) is 0 Å². The number of hydrogen-bond donors (Lipinski definition) is 3. The summed E-state index contributed by atoms with van der Waals surface area (Å²) < 4.78 is 0. The number of phenolic OH excluding ortho intramolecular Hbond substituents is 2. The van der Waals surface area contributed by atoms with Gasteiger partial charge in [0.2, 0.25) is 0 Å². The first kappa shape index (κ1) is 11.3. The second-order valence-electron chi connectivity index (χ2n) is 2.36. The molecule has 12 heavy (non-hydrogen) atoms. The van der Waals surface area contributed by atoms with Gasteiger partial charge in [0.25, 0.3) is 0 Å². The summed E-state index contributed by atoms with van der Waals surface area (Å²) >= 11 is 0. The van der Waals surface area contributed by atoms with Crippen LogP contribution in [0, 0.1) is 0 Å². The maximum atomic E-state index is 9.04. The van der Waals surface area contributed by atoms with E-state index in [1.54, 1.807) is 6.07 Å². The number of phenols is 2. The minimum atomic E-state index is -0.0919. The molecule has 0 saturated heterocycles. The van der Waals surface area contributed by atoms with E-state index < -0.39 is 0 Å². The summed E-state index contributed by atoms with van der Waals surface area (Å²) in [6.45, 7) is 0.546. The first-order valence-corrected chi connectivity index (χ1v) is 3.45. The van der Waals surface area contributed by atoms with Crippen molar-refractivity contribution in [1.82, 2.24) is 0 Å². The quantitative estimate of drug-likeness (QED) is 0.496. The summed E-state index contributed by atoms with van der Waals surface area (Å²) in [6, 6.07) is 4.71. The van der Waals surface area contributed by atoms with Crippen LogP contribution in [0.3, 0.4) is 0 Å². The molecule has 0 aliphatic carbocycles. The molecule has 3 nitrogen and oxygen atoms in total. The zero-order chi connectivity index (χ0) is 8.27. The predicted molar refractivity (Wildman–Crippen MR) is 42.5 cm³/mol. The largest absolute Gasteiger partial charge is 0.504 e. The van der Waals surface area contributed by atoms with Crippen molar-refractivity contribution in [3.8, 4) is 11.5 Å². The first-order chi connectivity index (χ1) is 5.24. The third-order valence-electron chi connectivity index (χ3n) is 1.47. The standard InChI is InChI=1S/C8H11NO2.Ni/c9-4-3-6-1-2-7(10)8(11)5-6;/h1-2,5,10-11H,3-4,9H2;. The number of rotatable bonds is 2. The molecule has 1 rings (SSSR count). The van der Waals surface area contributed by atoms with Crippen LogP contribution in [0.4, 0.5) is 0 Å². The van der Waals surface area contributed by atoms with E-state index in [4.69, 9.17) is 15.9 Å². The molecule has 1 aromatic carbocycles. The van der Waals surface area contributed by atoms with E-state index in [9.17, 15) is 0 Å². The molecule has 0 aliphatic heterocycles. The second kappa shape index (κ2) is 5.01. The fourth-order valence-electron chi connectivity index (χ4n) is 0.891. The maximum absolute atomic E-state index is 9.04. The summed E-state index contributed by atoms with van der Waals surface area (Å²) in [7, 11) is 0. The molecule has 70 valence electrons. The van der Waals surface area contributed by atoms with Crippen molar-refractivity contribution in [2.24, 2.45) is 5.73 Å². The van der Waals surface area contributed by atoms with Gasteiger partial charge in [-0.2, -0.15) is 0 Å². The SMILES string of the molecule is NCCc1ccc(O)c(O)c1.[Ni]. The van der Waals surface area contributed by atoms with Gasteiger partial charge < -0.3 is 15.9 Å². The molecular formula is C8H11NNiO2. The van der Waals surface area contributed by atoms with Gasteiger partial charge in [0.05, 0.1) is 0 Å². The van der Waals surface area contributed by atoms with Gasteiger partial charge in [-0.15, -0.1) is 0 Å². The summed E-state index contributed by atoms with van der Waals surface area (Å²) in [5, 5.41) is 18.0. The van der Waals surface area contributed by atoms with Crippen molar-refractivity contribution in [3.63, 3.8) is 0 Å². The number of benzene rings is 1. The van der Waals surface area contributed by atoms with Crippen molar-refractivity contribution < 1.29 is 26.7 Å². The Hall–Kier alpha value is -0.726. The molecule has 0 aromatic heterocycles. The van der Waals surface area contributed by atoms with E-state index in [0.717, 1.165) is 5.56 Å². The van der Waals surface area contributed by atoms with Crippen LogP contribution >= 0.6 is 0 Å². The minimum Gasteiger partial charge on any atom is -0.504 e. The van der Waals surface area contributed by atoms with E-state index in [0.29, 0.717) is 13.0 Å². The summed E-state index contributed by atoms with van der Waals surface area (Å²) in [4.78, 5) is 0. The Balaban J connectivity index is 0.00000121. The molecule has 1 aromatic rings. The fraction of sp³-hybridized carbons (Fsp3) is 0.250. The van der Waals surface area contributed by atoms with Gasteiger partial charge in [-0.1, -0.05) is 6.07 Å². The van der Waals surface area contributed by atoms with Gasteiger partial charge in [0.1, 0.15) is 0 Å². The van der Waals surface area contributed by atoms with E-state index in [1.165, 1.54) is 12.1 Å². The van der Waals surface area contributed by atoms with Crippen molar-refractivity contribution in [1.29, 1.82) is 0 Å². The van der Waals surface area contributed by atoms with Crippen molar-refractivity contribution in [2.75, 3.05) is 6.54 Å². The molecule has 0 saturated carbocycles. The van der Waals surface area contributed by atoms with Crippen molar-refractivity contribution >= 4 is 0 Å². The number of nitrogens with two attached hydrogens (primary N) is 1. The summed E-state index contributed by atoms with van der Waals surface area (Å²) in [5.41, 5.74) is 6.24. The van der Waals surface area contributed by atoms with Crippen molar-refractivity contribution in [3.05, 3.63) is 23.8 Å². The van der Waals surface area contributed by atoms with Gasteiger partial charge in [0, 0.05) is 16.5 Å². The Morgan fingerprint density at radius 3 is 2.33 bits per heavy atom. The zero-order valence-electron chi connectivity index (χ0n) is 6.43. The van der Waals surface area contributed by atoms with Gasteiger partial charge >= 0.3 is 0 Å². The Morgan fingerprint density at radius 2 is 1.83 bits per heavy atom. The third-order valence-corrected chi connectivity index (χ3v) is 1.47. The molecule has 0 spiro atoms. The van der Waals surface area contributed by atoms with E-state index in [-0.39, 0.29) is 28.0 Å². The van der Waals surface area contributed by atoms with Crippen LogP contribution in [-0.2, 0) is 22.9 Å². The molecule has 0 aliphatic rings. The molecule has 0 fully saturated rings. The van der Waals surface area contributed by atoms with Gasteiger partial charge in [-0.3, -0.25) is 0 Å². The maximum Gasteiger partial charge on any atom is 0.157 e. The molecule has 0 radical (unpaired) electrons. The van der Waals surface area contributed by atoms with Crippen LogP contribution in [-0.4, -0.2) is 16.8 Å². The smallest absolute Gasteiger partial charge is 0.157 e. The molecule has 4 heteroatoms. The zero-order valence-corrected chi connectivity index (χ0v) is 7.42. The first-order valence-electron chi connectivity index (χ1n) is 3.45. The normalized spacial score (nSPS) is 9.08. The second-order valence-corrected chi connectivity index (χ2v) is 2.36. The Labute approximate surface area is 81.1 Å². The van der Waals surface area contributed by atoms with E-state index >= 15 is 0 Å². The molecule has 0 heterocycles. The average molecular weight is 212 g/mol. The molecule has 0 amide bonds. The topological polar surface area (TPSA) is 66.5 Å². The van der Waals surface area contributed by atoms with Gasteiger partial charge in [-0.05, 0) is 30.7 Å². The monoisotopic (exact) mass is 211 g/mol. The van der Waals surface area contributed by atoms with Crippen LogP contribution in [0.25, 0.3) is 0 Å². The minimum absolute atomic E-state index is 0. The van der Waals surface area contributed by atoms with Crippen LogP contribution in [0.15, 0.2) is 18.2 Å². The summed E-state index contributed by atoms with van der Waals surface area (Å²) in [6.07, 6.45) is 0.716. The molecule has 0 unspecified atom stereocenters. The average Bonchev–Trinajstić information content (AvgIpc) is 1.98. The molecule has 0 atom stereocenters. The Kier molecular flexibility index (Phi) is 4.71. The Bertz CT molecular complexity index is 253. The third kappa shape index (κ3) is 2.72. The molecule has 0 bridgehead atoms. The predicted octanol–water partition coefficient (Wildman–Crippen LogP) is 0.596.